The van der Waals surface area contributed by atoms with Crippen LogP contribution in [0.1, 0.15) is 21.7 Å². The SMILES string of the molecule is COc1ccc(Cl)cc1-n1c(C)cc(C(=O)N2CCNC(=O)C2)c1C. The minimum absolute atomic E-state index is 0.0863. The molecule has 0 saturated carbocycles. The van der Waals surface area contributed by atoms with E-state index in [0.29, 0.717) is 29.4 Å². The van der Waals surface area contributed by atoms with Gasteiger partial charge in [-0.05, 0) is 38.1 Å². The van der Waals surface area contributed by atoms with Gasteiger partial charge < -0.3 is 19.5 Å². The summed E-state index contributed by atoms with van der Waals surface area (Å²) in [6.45, 7) is 4.88. The van der Waals surface area contributed by atoms with Crippen LogP contribution < -0.4 is 10.1 Å². The Bertz CT molecular complexity index is 844. The molecular weight excluding hydrogens is 342 g/mol. The Kier molecular flexibility index (Phi) is 4.72. The van der Waals surface area contributed by atoms with Crippen molar-refractivity contribution < 1.29 is 14.3 Å². The summed E-state index contributed by atoms with van der Waals surface area (Å²) in [7, 11) is 1.60. The second-order valence-corrected chi connectivity index (χ2v) is 6.45. The van der Waals surface area contributed by atoms with Crippen molar-refractivity contribution in [1.82, 2.24) is 14.8 Å². The van der Waals surface area contributed by atoms with Gasteiger partial charge in [-0.25, -0.2) is 0 Å². The highest BCUT2D eigenvalue weighted by atomic mass is 35.5. The molecule has 1 N–H and O–H groups in total. The molecule has 0 unspecified atom stereocenters. The number of methoxy groups -OCH3 is 1. The summed E-state index contributed by atoms with van der Waals surface area (Å²) >= 11 is 6.15. The van der Waals surface area contributed by atoms with Crippen LogP contribution in [0.25, 0.3) is 5.69 Å². The van der Waals surface area contributed by atoms with E-state index in [-0.39, 0.29) is 18.4 Å². The van der Waals surface area contributed by atoms with Gasteiger partial charge in [0.15, 0.2) is 0 Å². The summed E-state index contributed by atoms with van der Waals surface area (Å²) in [5.74, 6) is 0.391. The molecule has 1 saturated heterocycles. The fourth-order valence-corrected chi connectivity index (χ4v) is 3.34. The van der Waals surface area contributed by atoms with Gasteiger partial charge in [0.1, 0.15) is 5.75 Å². The Morgan fingerprint density at radius 3 is 2.72 bits per heavy atom. The van der Waals surface area contributed by atoms with Gasteiger partial charge in [-0.2, -0.15) is 0 Å². The van der Waals surface area contributed by atoms with Crippen LogP contribution >= 0.6 is 11.6 Å². The van der Waals surface area contributed by atoms with Crippen LogP contribution in [-0.4, -0.2) is 48.0 Å². The first-order valence-electron chi connectivity index (χ1n) is 8.01. The van der Waals surface area contributed by atoms with E-state index in [1.807, 2.05) is 30.5 Å². The number of halogens is 1. The Labute approximate surface area is 151 Å². The van der Waals surface area contributed by atoms with Crippen molar-refractivity contribution >= 4 is 23.4 Å². The van der Waals surface area contributed by atoms with Crippen LogP contribution in [0.2, 0.25) is 5.02 Å². The van der Waals surface area contributed by atoms with Crippen molar-refractivity contribution in [2.45, 2.75) is 13.8 Å². The summed E-state index contributed by atoms with van der Waals surface area (Å²) in [5, 5.41) is 3.31. The van der Waals surface area contributed by atoms with Crippen molar-refractivity contribution in [3.05, 3.63) is 46.2 Å². The number of ether oxygens (including phenoxy) is 1. The highest BCUT2D eigenvalue weighted by Crippen LogP contribution is 2.31. The number of nitrogens with one attached hydrogen (secondary N) is 1. The fraction of sp³-hybridized carbons (Fsp3) is 0.333. The van der Waals surface area contributed by atoms with Crippen LogP contribution in [0.4, 0.5) is 0 Å². The normalized spacial score (nSPS) is 14.4. The van der Waals surface area contributed by atoms with E-state index in [0.717, 1.165) is 17.1 Å². The Morgan fingerprint density at radius 1 is 1.28 bits per heavy atom. The largest absolute Gasteiger partial charge is 0.495 e. The molecule has 0 bridgehead atoms. The molecule has 132 valence electrons. The van der Waals surface area contributed by atoms with Crippen LogP contribution in [0.15, 0.2) is 24.3 Å². The summed E-state index contributed by atoms with van der Waals surface area (Å²) in [6.07, 6.45) is 0. The Hall–Kier alpha value is -2.47. The summed E-state index contributed by atoms with van der Waals surface area (Å²) in [4.78, 5) is 26.0. The van der Waals surface area contributed by atoms with Gasteiger partial charge in [0.05, 0.1) is 24.9 Å². The summed E-state index contributed by atoms with van der Waals surface area (Å²) in [6, 6.07) is 7.21. The van der Waals surface area contributed by atoms with E-state index < -0.39 is 0 Å². The van der Waals surface area contributed by atoms with Gasteiger partial charge in [-0.1, -0.05) is 11.6 Å². The highest BCUT2D eigenvalue weighted by Gasteiger charge is 2.26. The molecule has 0 spiro atoms. The number of aryl methyl sites for hydroxylation is 1. The monoisotopic (exact) mass is 361 g/mol. The van der Waals surface area contributed by atoms with Crippen molar-refractivity contribution in [2.75, 3.05) is 26.7 Å². The van der Waals surface area contributed by atoms with E-state index >= 15 is 0 Å². The lowest BCUT2D eigenvalue weighted by atomic mass is 10.2. The summed E-state index contributed by atoms with van der Waals surface area (Å²) < 4.78 is 7.38. The molecule has 1 fully saturated rings. The molecule has 0 radical (unpaired) electrons. The van der Waals surface area contributed by atoms with E-state index in [1.54, 1.807) is 24.1 Å². The number of piperazine rings is 1. The predicted octanol–water partition coefficient (Wildman–Crippen LogP) is 2.33. The molecule has 6 nitrogen and oxygen atoms in total. The molecule has 2 amide bonds. The molecule has 2 heterocycles. The average molecular weight is 362 g/mol. The van der Waals surface area contributed by atoms with Crippen LogP contribution in [0.3, 0.4) is 0 Å². The highest BCUT2D eigenvalue weighted by molar-refractivity contribution is 6.30. The zero-order chi connectivity index (χ0) is 18.1. The number of amides is 2. The minimum atomic E-state index is -0.143. The topological polar surface area (TPSA) is 63.6 Å². The molecule has 3 rings (SSSR count). The van der Waals surface area contributed by atoms with E-state index in [1.165, 1.54) is 0 Å². The first-order chi connectivity index (χ1) is 11.9. The number of benzene rings is 1. The molecular formula is C18H20ClN3O3. The van der Waals surface area contributed by atoms with Gasteiger partial charge in [-0.15, -0.1) is 0 Å². The first-order valence-corrected chi connectivity index (χ1v) is 8.39. The molecule has 1 aromatic heterocycles. The van der Waals surface area contributed by atoms with E-state index in [4.69, 9.17) is 16.3 Å². The third kappa shape index (κ3) is 3.22. The Balaban J connectivity index is 2.03. The zero-order valence-electron chi connectivity index (χ0n) is 14.4. The Morgan fingerprint density at radius 2 is 2.04 bits per heavy atom. The molecule has 1 aromatic carbocycles. The minimum Gasteiger partial charge on any atom is -0.495 e. The molecule has 2 aromatic rings. The van der Waals surface area contributed by atoms with Crippen molar-refractivity contribution in [1.29, 1.82) is 0 Å². The maximum atomic E-state index is 12.9. The van der Waals surface area contributed by atoms with Crippen LogP contribution in [0, 0.1) is 13.8 Å². The standard InChI is InChI=1S/C18H20ClN3O3/c1-11-8-14(18(24)21-7-6-20-17(23)10-21)12(2)22(11)15-9-13(19)4-5-16(15)25-3/h4-5,8-9H,6-7,10H2,1-3H3,(H,20,23). The lowest BCUT2D eigenvalue weighted by Gasteiger charge is -2.26. The number of carbonyl (C=O) groups is 2. The van der Waals surface area contributed by atoms with Crippen LogP contribution in [-0.2, 0) is 4.79 Å². The second kappa shape index (κ2) is 6.80. The van der Waals surface area contributed by atoms with E-state index in [9.17, 15) is 9.59 Å². The maximum Gasteiger partial charge on any atom is 0.256 e. The van der Waals surface area contributed by atoms with Crippen molar-refractivity contribution in [3.8, 4) is 11.4 Å². The number of rotatable bonds is 3. The molecule has 1 aliphatic heterocycles. The van der Waals surface area contributed by atoms with Gasteiger partial charge >= 0.3 is 0 Å². The van der Waals surface area contributed by atoms with Gasteiger partial charge in [0.2, 0.25) is 5.91 Å². The molecule has 0 atom stereocenters. The van der Waals surface area contributed by atoms with Crippen LogP contribution in [0.5, 0.6) is 5.75 Å². The number of aromatic nitrogens is 1. The lowest BCUT2D eigenvalue weighted by Crippen LogP contribution is -2.50. The predicted molar refractivity (Wildman–Crippen MR) is 95.7 cm³/mol. The smallest absolute Gasteiger partial charge is 0.256 e. The number of carbonyl (C=O) groups excluding carboxylic acids is 2. The molecule has 1 aliphatic rings. The third-order valence-electron chi connectivity index (χ3n) is 4.37. The lowest BCUT2D eigenvalue weighted by molar-refractivity contribution is -0.123. The second-order valence-electron chi connectivity index (χ2n) is 6.01. The third-order valence-corrected chi connectivity index (χ3v) is 4.60. The molecule has 0 aliphatic carbocycles. The number of hydrogen-bond donors (Lipinski definition) is 1. The molecule has 25 heavy (non-hydrogen) atoms. The summed E-state index contributed by atoms with van der Waals surface area (Å²) in [5.41, 5.74) is 3.03. The van der Waals surface area contributed by atoms with Crippen molar-refractivity contribution in [3.63, 3.8) is 0 Å². The maximum absolute atomic E-state index is 12.9. The number of hydrogen-bond acceptors (Lipinski definition) is 3. The quantitative estimate of drug-likeness (QED) is 0.912. The average Bonchev–Trinajstić information content (AvgIpc) is 2.88. The van der Waals surface area contributed by atoms with Gasteiger partial charge in [-0.3, -0.25) is 9.59 Å². The van der Waals surface area contributed by atoms with E-state index in [2.05, 4.69) is 5.32 Å². The van der Waals surface area contributed by atoms with Gasteiger partial charge in [0.25, 0.3) is 5.91 Å². The zero-order valence-corrected chi connectivity index (χ0v) is 15.2. The molecule has 7 heteroatoms. The van der Waals surface area contributed by atoms with Gasteiger partial charge in [0, 0.05) is 29.5 Å². The number of nitrogens with zero attached hydrogens (tertiary/aromatic N) is 2. The van der Waals surface area contributed by atoms with Crippen molar-refractivity contribution in [2.24, 2.45) is 0 Å². The fourth-order valence-electron chi connectivity index (χ4n) is 3.17. The first kappa shape index (κ1) is 17.4.